The van der Waals surface area contributed by atoms with Crippen LogP contribution in [-0.4, -0.2) is 30.2 Å². The highest BCUT2D eigenvalue weighted by Gasteiger charge is 2.26. The van der Waals surface area contributed by atoms with E-state index in [1.54, 1.807) is 32.5 Å². The van der Waals surface area contributed by atoms with Gasteiger partial charge in [-0.05, 0) is 39.0 Å². The van der Waals surface area contributed by atoms with Gasteiger partial charge >= 0.3 is 0 Å². The van der Waals surface area contributed by atoms with Crippen LogP contribution in [0.1, 0.15) is 18.3 Å². The van der Waals surface area contributed by atoms with Gasteiger partial charge in [-0.2, -0.15) is 5.10 Å². The molecule has 1 aliphatic rings. The van der Waals surface area contributed by atoms with Crippen LogP contribution in [0.25, 0.3) is 0 Å². The van der Waals surface area contributed by atoms with Crippen LogP contribution < -0.4 is 14.8 Å². The molecule has 128 valence electrons. The number of nitrogens with one attached hydrogen (secondary N) is 2. The molecule has 0 bridgehead atoms. The number of sulfonamides is 1. The molecule has 2 aromatic rings. The number of aromatic nitrogens is 2. The monoisotopic (exact) mass is 350 g/mol. The molecule has 0 aliphatic carbocycles. The smallest absolute Gasteiger partial charge is 0.265 e. The van der Waals surface area contributed by atoms with Gasteiger partial charge in [0.25, 0.3) is 15.9 Å². The maximum atomic E-state index is 12.6. The van der Waals surface area contributed by atoms with Crippen molar-refractivity contribution >= 4 is 27.3 Å². The molecule has 8 nitrogen and oxygen atoms in total. The number of anilines is 2. The quantitative estimate of drug-likeness (QED) is 0.874. The number of amides is 1. The van der Waals surface area contributed by atoms with Crippen LogP contribution >= 0.6 is 0 Å². The number of carbonyl (C=O) groups is 1. The van der Waals surface area contributed by atoms with E-state index < -0.39 is 16.1 Å². The molecule has 0 saturated heterocycles. The number of hydrogen-bond acceptors (Lipinski definition) is 5. The third kappa shape index (κ3) is 2.71. The van der Waals surface area contributed by atoms with E-state index in [0.717, 1.165) is 0 Å². The van der Waals surface area contributed by atoms with Gasteiger partial charge in [0.05, 0.1) is 27.7 Å². The Kier molecular flexibility index (Phi) is 3.75. The van der Waals surface area contributed by atoms with Crippen molar-refractivity contribution in [1.82, 2.24) is 9.78 Å². The van der Waals surface area contributed by atoms with Crippen molar-refractivity contribution in [3.8, 4) is 5.75 Å². The summed E-state index contributed by atoms with van der Waals surface area (Å²) in [5.41, 5.74) is 2.08. The fraction of sp³-hybridized carbons (Fsp3) is 0.333. The number of benzene rings is 1. The minimum Gasteiger partial charge on any atom is -0.479 e. The molecule has 3 rings (SSSR count). The Balaban J connectivity index is 1.96. The van der Waals surface area contributed by atoms with E-state index in [4.69, 9.17) is 4.74 Å². The summed E-state index contributed by atoms with van der Waals surface area (Å²) in [6.07, 6.45) is -0.612. The molecule has 1 aliphatic heterocycles. The predicted octanol–water partition coefficient (Wildman–Crippen LogP) is 1.56. The third-order valence-electron chi connectivity index (χ3n) is 3.94. The maximum Gasteiger partial charge on any atom is 0.265 e. The molecule has 0 radical (unpaired) electrons. The first-order chi connectivity index (χ1) is 11.2. The van der Waals surface area contributed by atoms with Crippen LogP contribution in [-0.2, 0) is 21.9 Å². The Labute approximate surface area is 139 Å². The molecule has 0 spiro atoms. The molecule has 2 heterocycles. The Hall–Kier alpha value is -2.55. The van der Waals surface area contributed by atoms with Crippen LogP contribution in [0, 0.1) is 13.8 Å². The lowest BCUT2D eigenvalue weighted by Crippen LogP contribution is -2.34. The van der Waals surface area contributed by atoms with E-state index in [-0.39, 0.29) is 10.8 Å². The van der Waals surface area contributed by atoms with E-state index in [2.05, 4.69) is 15.1 Å². The van der Waals surface area contributed by atoms with Crippen molar-refractivity contribution in [1.29, 1.82) is 0 Å². The largest absolute Gasteiger partial charge is 0.479 e. The number of carbonyl (C=O) groups excluding carboxylic acids is 1. The molecule has 1 atom stereocenters. The van der Waals surface area contributed by atoms with Gasteiger partial charge < -0.3 is 10.1 Å². The fourth-order valence-corrected chi connectivity index (χ4v) is 3.67. The van der Waals surface area contributed by atoms with Crippen molar-refractivity contribution < 1.29 is 17.9 Å². The first-order valence-corrected chi connectivity index (χ1v) is 8.82. The third-order valence-corrected chi connectivity index (χ3v) is 5.29. The topological polar surface area (TPSA) is 102 Å². The molecular formula is C15H18N4O4S. The fourth-order valence-electron chi connectivity index (χ4n) is 2.47. The van der Waals surface area contributed by atoms with Gasteiger partial charge in [0.15, 0.2) is 6.10 Å². The lowest BCUT2D eigenvalue weighted by atomic mass is 10.2. The first kappa shape index (κ1) is 16.3. The predicted molar refractivity (Wildman–Crippen MR) is 88.7 cm³/mol. The highest BCUT2D eigenvalue weighted by molar-refractivity contribution is 7.92. The van der Waals surface area contributed by atoms with Crippen molar-refractivity contribution in [2.24, 2.45) is 7.05 Å². The summed E-state index contributed by atoms with van der Waals surface area (Å²) in [7, 11) is -2.08. The van der Waals surface area contributed by atoms with Gasteiger partial charge in [-0.3, -0.25) is 14.2 Å². The Morgan fingerprint density at radius 3 is 2.67 bits per heavy atom. The number of ether oxygens (including phenoxy) is 1. The average molecular weight is 350 g/mol. The van der Waals surface area contributed by atoms with E-state index in [9.17, 15) is 13.2 Å². The molecule has 1 aromatic heterocycles. The lowest BCUT2D eigenvalue weighted by molar-refractivity contribution is -0.122. The molecule has 2 N–H and O–H groups in total. The molecule has 0 saturated carbocycles. The van der Waals surface area contributed by atoms with E-state index >= 15 is 0 Å². The van der Waals surface area contributed by atoms with Crippen LogP contribution in [0.5, 0.6) is 5.75 Å². The number of hydrogen-bond donors (Lipinski definition) is 2. The molecule has 1 amide bonds. The molecular weight excluding hydrogens is 332 g/mol. The lowest BCUT2D eigenvalue weighted by Gasteiger charge is -2.23. The summed E-state index contributed by atoms with van der Waals surface area (Å²) in [4.78, 5) is 11.7. The molecule has 24 heavy (non-hydrogen) atoms. The molecule has 0 fully saturated rings. The minimum absolute atomic E-state index is 0.0300. The maximum absolute atomic E-state index is 12.6. The van der Waals surface area contributed by atoms with E-state index in [0.29, 0.717) is 28.5 Å². The van der Waals surface area contributed by atoms with Gasteiger partial charge in [-0.25, -0.2) is 8.42 Å². The summed E-state index contributed by atoms with van der Waals surface area (Å²) < 4.78 is 34.9. The van der Waals surface area contributed by atoms with Gasteiger partial charge in [0.1, 0.15) is 5.75 Å². The van der Waals surface area contributed by atoms with Crippen LogP contribution in [0.3, 0.4) is 0 Å². The van der Waals surface area contributed by atoms with E-state index in [1.165, 1.54) is 18.2 Å². The van der Waals surface area contributed by atoms with Gasteiger partial charge in [0, 0.05) is 7.05 Å². The molecule has 1 aromatic carbocycles. The Morgan fingerprint density at radius 1 is 1.33 bits per heavy atom. The minimum atomic E-state index is -3.82. The second kappa shape index (κ2) is 5.52. The zero-order valence-electron chi connectivity index (χ0n) is 13.7. The van der Waals surface area contributed by atoms with Crippen molar-refractivity contribution in [2.75, 3.05) is 10.0 Å². The standard InChI is InChI=1S/C15H18N4O4S/c1-8-14(9(2)19(4)17-8)18-24(21,22)11-5-6-13-12(7-11)16-15(20)10(3)23-13/h5-7,10,18H,1-4H3,(H,16,20). The zero-order valence-corrected chi connectivity index (χ0v) is 14.6. The summed E-state index contributed by atoms with van der Waals surface area (Å²) >= 11 is 0. The number of fused-ring (bicyclic) bond motifs is 1. The summed E-state index contributed by atoms with van der Waals surface area (Å²) in [6.45, 7) is 5.13. The van der Waals surface area contributed by atoms with Crippen molar-refractivity contribution in [3.63, 3.8) is 0 Å². The Bertz CT molecular complexity index is 933. The summed E-state index contributed by atoms with van der Waals surface area (Å²) in [5, 5.41) is 6.83. The first-order valence-electron chi connectivity index (χ1n) is 7.33. The average Bonchev–Trinajstić information content (AvgIpc) is 2.74. The van der Waals surface area contributed by atoms with Gasteiger partial charge in [-0.15, -0.1) is 0 Å². The molecule has 1 unspecified atom stereocenters. The molecule has 9 heteroatoms. The normalized spacial score (nSPS) is 17.0. The van der Waals surface area contributed by atoms with Gasteiger partial charge in [-0.1, -0.05) is 0 Å². The number of nitrogens with zero attached hydrogens (tertiary/aromatic N) is 2. The summed E-state index contributed by atoms with van der Waals surface area (Å²) in [6, 6.07) is 4.34. The number of rotatable bonds is 3. The van der Waals surface area contributed by atoms with E-state index in [1.807, 2.05) is 0 Å². The van der Waals surface area contributed by atoms with Crippen LogP contribution in [0.2, 0.25) is 0 Å². The highest BCUT2D eigenvalue weighted by atomic mass is 32.2. The SMILES string of the molecule is Cc1nn(C)c(C)c1NS(=O)(=O)c1ccc2c(c1)NC(=O)C(C)O2. The Morgan fingerprint density at radius 2 is 2.04 bits per heavy atom. The van der Waals surface area contributed by atoms with Crippen LogP contribution in [0.4, 0.5) is 11.4 Å². The highest BCUT2D eigenvalue weighted by Crippen LogP contribution is 2.32. The summed E-state index contributed by atoms with van der Waals surface area (Å²) in [5.74, 6) is 0.124. The van der Waals surface area contributed by atoms with Gasteiger partial charge in [0.2, 0.25) is 0 Å². The second-order valence-electron chi connectivity index (χ2n) is 5.68. The zero-order chi connectivity index (χ0) is 17.6. The van der Waals surface area contributed by atoms with Crippen LogP contribution in [0.15, 0.2) is 23.1 Å². The van der Waals surface area contributed by atoms with Crippen molar-refractivity contribution in [2.45, 2.75) is 31.8 Å². The number of aryl methyl sites for hydroxylation is 2. The second-order valence-corrected chi connectivity index (χ2v) is 7.36. The van der Waals surface area contributed by atoms with Crippen molar-refractivity contribution in [3.05, 3.63) is 29.6 Å².